The van der Waals surface area contributed by atoms with Crippen LogP contribution in [0.4, 0.5) is 0 Å². The van der Waals surface area contributed by atoms with Gasteiger partial charge in [0.2, 0.25) is 5.91 Å². The highest BCUT2D eigenvalue weighted by molar-refractivity contribution is 5.86. The molecule has 7 heteroatoms. The summed E-state index contributed by atoms with van der Waals surface area (Å²) in [7, 11) is 3.87. The Kier molecular flexibility index (Phi) is 8.96. The molecule has 2 aliphatic rings. The zero-order valence-corrected chi connectivity index (χ0v) is 18.4. The molecule has 1 amide bonds. The third-order valence-corrected chi connectivity index (χ3v) is 6.07. The van der Waals surface area contributed by atoms with Crippen LogP contribution in [-0.2, 0) is 14.3 Å². The number of carbonyl (C=O) groups excluding carboxylic acids is 1. The molecule has 1 aromatic rings. The lowest BCUT2D eigenvalue weighted by Gasteiger charge is -2.32. The Balaban J connectivity index is 1.59. The van der Waals surface area contributed by atoms with Crippen LogP contribution in [0.1, 0.15) is 30.7 Å². The predicted molar refractivity (Wildman–Crippen MR) is 119 cm³/mol. The number of rotatable bonds is 7. The molecule has 2 aliphatic heterocycles. The number of hydrogen-bond donors (Lipinski definition) is 1. The van der Waals surface area contributed by atoms with E-state index in [0.29, 0.717) is 32.8 Å². The Bertz CT molecular complexity index is 670. The molecule has 7 nitrogen and oxygen atoms in total. The lowest BCUT2D eigenvalue weighted by Crippen LogP contribution is -2.47. The molecule has 0 bridgehead atoms. The SMILES string of the molecule is CN=C(NCC(C(=O)N1CCOCC1)c1ccccc1)N(C)CCC1CCOCC1. The molecule has 2 fully saturated rings. The molecule has 0 radical (unpaired) electrons. The maximum absolute atomic E-state index is 13.3. The molecule has 3 rings (SSSR count). The second kappa shape index (κ2) is 11.9. The van der Waals surface area contributed by atoms with Crippen molar-refractivity contribution in [3.63, 3.8) is 0 Å². The van der Waals surface area contributed by atoms with E-state index in [1.54, 1.807) is 7.05 Å². The van der Waals surface area contributed by atoms with Gasteiger partial charge in [-0.15, -0.1) is 0 Å². The van der Waals surface area contributed by atoms with Gasteiger partial charge in [0.25, 0.3) is 0 Å². The number of ether oxygens (including phenoxy) is 2. The maximum atomic E-state index is 13.3. The minimum Gasteiger partial charge on any atom is -0.381 e. The van der Waals surface area contributed by atoms with E-state index in [-0.39, 0.29) is 11.8 Å². The van der Waals surface area contributed by atoms with Crippen molar-refractivity contribution in [2.75, 3.05) is 66.7 Å². The topological polar surface area (TPSA) is 66.4 Å². The highest BCUT2D eigenvalue weighted by Gasteiger charge is 2.27. The monoisotopic (exact) mass is 416 g/mol. The number of hydrogen-bond acceptors (Lipinski definition) is 4. The van der Waals surface area contributed by atoms with Crippen molar-refractivity contribution in [2.24, 2.45) is 10.9 Å². The quantitative estimate of drug-likeness (QED) is 0.544. The largest absolute Gasteiger partial charge is 0.381 e. The summed E-state index contributed by atoms with van der Waals surface area (Å²) in [6.07, 6.45) is 3.42. The molecule has 0 aromatic heterocycles. The zero-order chi connectivity index (χ0) is 21.2. The molecule has 2 saturated heterocycles. The first-order chi connectivity index (χ1) is 14.7. The second-order valence-electron chi connectivity index (χ2n) is 8.10. The number of morpholine rings is 1. The summed E-state index contributed by atoms with van der Waals surface area (Å²) in [4.78, 5) is 21.8. The molecule has 1 N–H and O–H groups in total. The van der Waals surface area contributed by atoms with Gasteiger partial charge >= 0.3 is 0 Å². The number of guanidine groups is 1. The van der Waals surface area contributed by atoms with E-state index in [1.807, 2.05) is 35.2 Å². The van der Waals surface area contributed by atoms with Gasteiger partial charge in [-0.25, -0.2) is 0 Å². The number of nitrogens with zero attached hydrogens (tertiary/aromatic N) is 3. The summed E-state index contributed by atoms with van der Waals surface area (Å²) in [6, 6.07) is 10.0. The van der Waals surface area contributed by atoms with Crippen LogP contribution >= 0.6 is 0 Å². The maximum Gasteiger partial charge on any atom is 0.232 e. The van der Waals surface area contributed by atoms with Crippen molar-refractivity contribution in [3.8, 4) is 0 Å². The average Bonchev–Trinajstić information content (AvgIpc) is 2.82. The van der Waals surface area contributed by atoms with Crippen LogP contribution in [0.3, 0.4) is 0 Å². The summed E-state index contributed by atoms with van der Waals surface area (Å²) in [5.41, 5.74) is 1.03. The molecule has 1 unspecified atom stereocenters. The first kappa shape index (κ1) is 22.6. The normalized spacial score (nSPS) is 19.4. The molecule has 1 aromatic carbocycles. The van der Waals surface area contributed by atoms with Crippen molar-refractivity contribution in [1.29, 1.82) is 0 Å². The molecule has 2 heterocycles. The lowest BCUT2D eigenvalue weighted by atomic mass is 9.96. The highest BCUT2D eigenvalue weighted by atomic mass is 16.5. The van der Waals surface area contributed by atoms with E-state index in [9.17, 15) is 4.79 Å². The van der Waals surface area contributed by atoms with Crippen LogP contribution < -0.4 is 5.32 Å². The number of aliphatic imine (C=N–C) groups is 1. The number of carbonyl (C=O) groups is 1. The smallest absolute Gasteiger partial charge is 0.232 e. The van der Waals surface area contributed by atoms with Crippen molar-refractivity contribution >= 4 is 11.9 Å². The Morgan fingerprint density at radius 3 is 2.50 bits per heavy atom. The van der Waals surface area contributed by atoms with Crippen LogP contribution in [0.15, 0.2) is 35.3 Å². The number of amides is 1. The summed E-state index contributed by atoms with van der Waals surface area (Å²) >= 11 is 0. The predicted octanol–water partition coefficient (Wildman–Crippen LogP) is 1.95. The van der Waals surface area contributed by atoms with Crippen LogP contribution in [0.25, 0.3) is 0 Å². The fraction of sp³-hybridized carbons (Fsp3) is 0.652. The first-order valence-corrected chi connectivity index (χ1v) is 11.1. The van der Waals surface area contributed by atoms with Crippen molar-refractivity contribution in [2.45, 2.75) is 25.2 Å². The van der Waals surface area contributed by atoms with Gasteiger partial charge in [-0.3, -0.25) is 9.79 Å². The van der Waals surface area contributed by atoms with Gasteiger partial charge in [0.1, 0.15) is 0 Å². The molecule has 0 spiro atoms. The summed E-state index contributed by atoms with van der Waals surface area (Å²) in [5, 5.41) is 3.45. The zero-order valence-electron chi connectivity index (χ0n) is 18.4. The van der Waals surface area contributed by atoms with Gasteiger partial charge in [0.05, 0.1) is 19.1 Å². The minimum atomic E-state index is -0.245. The number of nitrogens with one attached hydrogen (secondary N) is 1. The standard InChI is InChI=1S/C23H36N4O3/c1-24-23(26(2)11-8-19-9-14-29-15-10-19)25-18-21(20-6-4-3-5-7-20)22(28)27-12-16-30-17-13-27/h3-7,19,21H,8-18H2,1-2H3,(H,24,25). The minimum absolute atomic E-state index is 0.150. The average molecular weight is 417 g/mol. The number of benzene rings is 1. The van der Waals surface area contributed by atoms with Gasteiger partial charge in [-0.2, -0.15) is 0 Å². The Labute approximate surface area is 180 Å². The molecule has 0 saturated carbocycles. The molecule has 30 heavy (non-hydrogen) atoms. The third-order valence-electron chi connectivity index (χ3n) is 6.07. The van der Waals surface area contributed by atoms with E-state index >= 15 is 0 Å². The molecule has 0 aliphatic carbocycles. The fourth-order valence-corrected chi connectivity index (χ4v) is 4.13. The summed E-state index contributed by atoms with van der Waals surface area (Å²) in [5.74, 6) is 1.46. The van der Waals surface area contributed by atoms with E-state index in [1.165, 1.54) is 0 Å². The van der Waals surface area contributed by atoms with E-state index in [0.717, 1.165) is 56.5 Å². The molecular formula is C23H36N4O3. The van der Waals surface area contributed by atoms with Crippen LogP contribution in [-0.4, -0.2) is 88.4 Å². The van der Waals surface area contributed by atoms with Gasteiger partial charge in [0.15, 0.2) is 5.96 Å². The second-order valence-corrected chi connectivity index (χ2v) is 8.10. The summed E-state index contributed by atoms with van der Waals surface area (Å²) in [6.45, 7) is 5.75. The Hall–Kier alpha value is -2.12. The third kappa shape index (κ3) is 6.44. The molecule has 166 valence electrons. The van der Waals surface area contributed by atoms with Crippen LogP contribution in [0.5, 0.6) is 0 Å². The van der Waals surface area contributed by atoms with Crippen LogP contribution in [0, 0.1) is 5.92 Å². The van der Waals surface area contributed by atoms with Gasteiger partial charge in [-0.05, 0) is 30.7 Å². The Morgan fingerprint density at radius 2 is 1.83 bits per heavy atom. The van der Waals surface area contributed by atoms with E-state index < -0.39 is 0 Å². The Morgan fingerprint density at radius 1 is 1.17 bits per heavy atom. The molecule has 1 atom stereocenters. The van der Waals surface area contributed by atoms with Crippen molar-refractivity contribution in [3.05, 3.63) is 35.9 Å². The first-order valence-electron chi connectivity index (χ1n) is 11.1. The highest BCUT2D eigenvalue weighted by Crippen LogP contribution is 2.20. The van der Waals surface area contributed by atoms with Crippen molar-refractivity contribution in [1.82, 2.24) is 15.1 Å². The van der Waals surface area contributed by atoms with Crippen LogP contribution in [0.2, 0.25) is 0 Å². The van der Waals surface area contributed by atoms with E-state index in [2.05, 4.69) is 22.3 Å². The van der Waals surface area contributed by atoms with Gasteiger partial charge < -0.3 is 24.6 Å². The van der Waals surface area contributed by atoms with Crippen molar-refractivity contribution < 1.29 is 14.3 Å². The van der Waals surface area contributed by atoms with Gasteiger partial charge in [-0.1, -0.05) is 30.3 Å². The van der Waals surface area contributed by atoms with E-state index in [4.69, 9.17) is 9.47 Å². The lowest BCUT2D eigenvalue weighted by molar-refractivity contribution is -0.136. The summed E-state index contributed by atoms with van der Waals surface area (Å²) < 4.78 is 10.9. The fourth-order valence-electron chi connectivity index (χ4n) is 4.13. The van der Waals surface area contributed by atoms with Gasteiger partial charge in [0, 0.05) is 53.5 Å². The molecular weight excluding hydrogens is 380 g/mol.